The number of halogens is 1. The second-order valence-corrected chi connectivity index (χ2v) is 5.91. The number of hydrogen-bond donors (Lipinski definition) is 1. The van der Waals surface area contributed by atoms with Gasteiger partial charge in [-0.3, -0.25) is 0 Å². The van der Waals surface area contributed by atoms with Crippen molar-refractivity contribution < 1.29 is 4.74 Å². The molecule has 0 amide bonds. The summed E-state index contributed by atoms with van der Waals surface area (Å²) in [7, 11) is 3.69. The lowest BCUT2D eigenvalue weighted by atomic mass is 10.0. The summed E-state index contributed by atoms with van der Waals surface area (Å²) in [6.07, 6.45) is 0. The van der Waals surface area contributed by atoms with Crippen LogP contribution >= 0.6 is 27.3 Å². The molecule has 1 N–H and O–H groups in total. The maximum absolute atomic E-state index is 5.51. The van der Waals surface area contributed by atoms with Crippen molar-refractivity contribution in [2.24, 2.45) is 0 Å². The molecule has 0 aliphatic heterocycles. The number of nitrogens with one attached hydrogen (secondary N) is 1. The first-order valence-corrected chi connectivity index (χ1v) is 7.39. The highest BCUT2D eigenvalue weighted by Gasteiger charge is 2.18. The first-order valence-electron chi connectivity index (χ1n) is 5.72. The van der Waals surface area contributed by atoms with Crippen molar-refractivity contribution in [3.63, 3.8) is 0 Å². The van der Waals surface area contributed by atoms with Crippen molar-refractivity contribution in [3.05, 3.63) is 50.1 Å². The summed E-state index contributed by atoms with van der Waals surface area (Å²) in [4.78, 5) is 1.28. The Morgan fingerprint density at radius 1 is 1.39 bits per heavy atom. The largest absolute Gasteiger partial charge is 0.496 e. The zero-order valence-corrected chi connectivity index (χ0v) is 13.1. The Labute approximate surface area is 120 Å². The van der Waals surface area contributed by atoms with E-state index in [0.29, 0.717) is 0 Å². The number of thiophene rings is 1. The number of methoxy groups -OCH3 is 1. The summed E-state index contributed by atoms with van der Waals surface area (Å²) in [6, 6.07) is 8.57. The smallest absolute Gasteiger partial charge is 0.124 e. The van der Waals surface area contributed by atoms with Crippen molar-refractivity contribution in [2.45, 2.75) is 13.0 Å². The molecular weight excluding hydrogens is 310 g/mol. The van der Waals surface area contributed by atoms with Gasteiger partial charge in [0.15, 0.2) is 0 Å². The summed E-state index contributed by atoms with van der Waals surface area (Å²) in [5, 5.41) is 5.44. The Balaban J connectivity index is 2.51. The molecule has 1 aromatic carbocycles. The van der Waals surface area contributed by atoms with E-state index in [1.165, 1.54) is 10.4 Å². The van der Waals surface area contributed by atoms with E-state index in [0.717, 1.165) is 15.8 Å². The van der Waals surface area contributed by atoms with Gasteiger partial charge in [0.2, 0.25) is 0 Å². The average molecular weight is 326 g/mol. The molecule has 0 aliphatic carbocycles. The van der Waals surface area contributed by atoms with Crippen LogP contribution in [0.15, 0.2) is 34.1 Å². The van der Waals surface area contributed by atoms with E-state index < -0.39 is 0 Å². The fourth-order valence-electron chi connectivity index (χ4n) is 1.98. The van der Waals surface area contributed by atoms with Crippen molar-refractivity contribution in [3.8, 4) is 5.75 Å². The quantitative estimate of drug-likeness (QED) is 0.912. The summed E-state index contributed by atoms with van der Waals surface area (Å²) >= 11 is 5.34. The second-order valence-electron chi connectivity index (χ2n) is 4.08. The van der Waals surface area contributed by atoms with Gasteiger partial charge < -0.3 is 10.1 Å². The molecule has 0 bridgehead atoms. The second kappa shape index (κ2) is 5.87. The van der Waals surface area contributed by atoms with Crippen molar-refractivity contribution in [1.82, 2.24) is 5.32 Å². The van der Waals surface area contributed by atoms with Crippen LogP contribution in [0.3, 0.4) is 0 Å². The van der Waals surface area contributed by atoms with Crippen LogP contribution in [0.25, 0.3) is 0 Å². The van der Waals surface area contributed by atoms with E-state index in [1.807, 2.05) is 7.05 Å². The van der Waals surface area contributed by atoms with E-state index in [9.17, 15) is 0 Å². The molecule has 0 saturated carbocycles. The lowest BCUT2D eigenvalue weighted by Crippen LogP contribution is -2.17. The van der Waals surface area contributed by atoms with Crippen LogP contribution in [0.2, 0.25) is 0 Å². The Morgan fingerprint density at radius 3 is 2.72 bits per heavy atom. The molecule has 0 fully saturated rings. The fraction of sp³-hybridized carbons (Fsp3) is 0.286. The highest BCUT2D eigenvalue weighted by atomic mass is 79.9. The minimum absolute atomic E-state index is 0.164. The maximum Gasteiger partial charge on any atom is 0.124 e. The van der Waals surface area contributed by atoms with Gasteiger partial charge in [-0.25, -0.2) is 0 Å². The normalized spacial score (nSPS) is 12.4. The van der Waals surface area contributed by atoms with E-state index in [-0.39, 0.29) is 6.04 Å². The van der Waals surface area contributed by atoms with E-state index in [1.54, 1.807) is 18.4 Å². The Bertz CT molecular complexity index is 525. The predicted molar refractivity (Wildman–Crippen MR) is 80.7 cm³/mol. The van der Waals surface area contributed by atoms with Gasteiger partial charge in [-0.2, -0.15) is 0 Å². The van der Waals surface area contributed by atoms with Crippen LogP contribution in [0.1, 0.15) is 22.0 Å². The molecule has 1 unspecified atom stereocenters. The topological polar surface area (TPSA) is 21.3 Å². The van der Waals surface area contributed by atoms with Gasteiger partial charge in [0.05, 0.1) is 13.2 Å². The molecule has 0 spiro atoms. The zero-order chi connectivity index (χ0) is 13.1. The molecule has 0 aliphatic rings. The van der Waals surface area contributed by atoms with E-state index in [4.69, 9.17) is 4.74 Å². The first kappa shape index (κ1) is 13.6. The van der Waals surface area contributed by atoms with Gasteiger partial charge in [0.25, 0.3) is 0 Å². The minimum atomic E-state index is 0.164. The third-order valence-electron chi connectivity index (χ3n) is 2.94. The Hall–Kier alpha value is -0.840. The van der Waals surface area contributed by atoms with Gasteiger partial charge in [-0.1, -0.05) is 22.0 Å². The van der Waals surface area contributed by atoms with E-state index in [2.05, 4.69) is 57.8 Å². The van der Waals surface area contributed by atoms with Gasteiger partial charge >= 0.3 is 0 Å². The first-order chi connectivity index (χ1) is 8.67. The fourth-order valence-corrected chi connectivity index (χ4v) is 3.19. The molecule has 2 aromatic rings. The standard InChI is InChI=1S/C14H16BrNOS/c1-9-7-12(17-3)10(8-11(9)15)14(16-2)13-5-4-6-18-13/h4-8,14,16H,1-3H3. The van der Waals surface area contributed by atoms with Crippen molar-refractivity contribution in [1.29, 1.82) is 0 Å². The molecule has 2 rings (SSSR count). The van der Waals surface area contributed by atoms with Gasteiger partial charge in [-0.15, -0.1) is 11.3 Å². The third-order valence-corrected chi connectivity index (χ3v) is 4.73. The zero-order valence-electron chi connectivity index (χ0n) is 10.7. The Kier molecular flexibility index (Phi) is 4.43. The van der Waals surface area contributed by atoms with Gasteiger partial charge in [0, 0.05) is 14.9 Å². The summed E-state index contributed by atoms with van der Waals surface area (Å²) in [6.45, 7) is 2.07. The molecule has 1 atom stereocenters. The van der Waals surface area contributed by atoms with Crippen LogP contribution in [0, 0.1) is 6.92 Å². The molecule has 1 aromatic heterocycles. The number of benzene rings is 1. The van der Waals surface area contributed by atoms with Crippen LogP contribution in [-0.2, 0) is 0 Å². The monoisotopic (exact) mass is 325 g/mol. The van der Waals surface area contributed by atoms with Crippen LogP contribution in [0.4, 0.5) is 0 Å². The SMILES string of the molecule is CNC(c1cccs1)c1cc(Br)c(C)cc1OC. The highest BCUT2D eigenvalue weighted by Crippen LogP contribution is 2.35. The predicted octanol–water partition coefficient (Wildman–Crippen LogP) is 4.14. The van der Waals surface area contributed by atoms with Crippen molar-refractivity contribution in [2.75, 3.05) is 14.2 Å². The molecule has 1 heterocycles. The molecule has 0 saturated heterocycles. The number of aryl methyl sites for hydroxylation is 1. The summed E-state index contributed by atoms with van der Waals surface area (Å²) in [5.41, 5.74) is 2.33. The minimum Gasteiger partial charge on any atom is -0.496 e. The lowest BCUT2D eigenvalue weighted by molar-refractivity contribution is 0.405. The maximum atomic E-state index is 5.51. The highest BCUT2D eigenvalue weighted by molar-refractivity contribution is 9.10. The Morgan fingerprint density at radius 2 is 2.17 bits per heavy atom. The van der Waals surface area contributed by atoms with Crippen molar-refractivity contribution >= 4 is 27.3 Å². The van der Waals surface area contributed by atoms with Crippen LogP contribution in [-0.4, -0.2) is 14.2 Å². The van der Waals surface area contributed by atoms with Crippen LogP contribution < -0.4 is 10.1 Å². The molecule has 2 nitrogen and oxygen atoms in total. The van der Waals surface area contributed by atoms with Gasteiger partial charge in [-0.05, 0) is 43.1 Å². The summed E-state index contributed by atoms with van der Waals surface area (Å²) < 4.78 is 6.61. The van der Waals surface area contributed by atoms with Gasteiger partial charge in [0.1, 0.15) is 5.75 Å². The number of hydrogen-bond acceptors (Lipinski definition) is 3. The lowest BCUT2D eigenvalue weighted by Gasteiger charge is -2.19. The number of rotatable bonds is 4. The summed E-state index contributed by atoms with van der Waals surface area (Å²) in [5.74, 6) is 0.920. The average Bonchev–Trinajstić information content (AvgIpc) is 2.88. The molecule has 0 radical (unpaired) electrons. The molecule has 96 valence electrons. The molecule has 18 heavy (non-hydrogen) atoms. The van der Waals surface area contributed by atoms with E-state index >= 15 is 0 Å². The molecular formula is C14H16BrNOS. The number of ether oxygens (including phenoxy) is 1. The van der Waals surface area contributed by atoms with Crippen LogP contribution in [0.5, 0.6) is 5.75 Å². The molecule has 4 heteroatoms. The third kappa shape index (κ3) is 2.60.